The van der Waals surface area contributed by atoms with E-state index in [1.54, 1.807) is 11.3 Å². The van der Waals surface area contributed by atoms with Crippen LogP contribution in [0.2, 0.25) is 0 Å². The van der Waals surface area contributed by atoms with Crippen LogP contribution in [0.25, 0.3) is 10.2 Å². The molecule has 1 aromatic heterocycles. The molecule has 1 N–H and O–H groups in total. The SMILES string of the molecule is CC1NCC1Oc1cccc2scnc12. The van der Waals surface area contributed by atoms with Gasteiger partial charge in [-0.15, -0.1) is 11.3 Å². The Morgan fingerprint density at radius 2 is 2.47 bits per heavy atom. The highest BCUT2D eigenvalue weighted by Gasteiger charge is 2.28. The van der Waals surface area contributed by atoms with E-state index in [0.29, 0.717) is 6.04 Å². The van der Waals surface area contributed by atoms with Crippen molar-refractivity contribution in [3.05, 3.63) is 23.7 Å². The van der Waals surface area contributed by atoms with Crippen LogP contribution in [0.1, 0.15) is 6.92 Å². The predicted octanol–water partition coefficient (Wildman–Crippen LogP) is 2.04. The molecule has 1 fully saturated rings. The zero-order valence-electron chi connectivity index (χ0n) is 8.43. The molecule has 3 rings (SSSR count). The summed E-state index contributed by atoms with van der Waals surface area (Å²) < 4.78 is 7.10. The molecule has 3 nitrogen and oxygen atoms in total. The minimum atomic E-state index is 0.289. The van der Waals surface area contributed by atoms with E-state index < -0.39 is 0 Å². The first-order valence-electron chi connectivity index (χ1n) is 5.07. The second-order valence-electron chi connectivity index (χ2n) is 3.81. The molecule has 15 heavy (non-hydrogen) atoms. The number of para-hydroxylation sites is 1. The largest absolute Gasteiger partial charge is 0.485 e. The van der Waals surface area contributed by atoms with Crippen LogP contribution in [0.15, 0.2) is 23.7 Å². The summed E-state index contributed by atoms with van der Waals surface area (Å²) in [5.74, 6) is 0.909. The van der Waals surface area contributed by atoms with E-state index >= 15 is 0 Å². The lowest BCUT2D eigenvalue weighted by Crippen LogP contribution is -2.58. The van der Waals surface area contributed by atoms with E-state index in [2.05, 4.69) is 23.3 Å². The normalized spacial score (nSPS) is 25.1. The third-order valence-corrected chi connectivity index (χ3v) is 3.59. The van der Waals surface area contributed by atoms with Gasteiger partial charge < -0.3 is 10.1 Å². The molecule has 0 radical (unpaired) electrons. The Morgan fingerprint density at radius 3 is 3.20 bits per heavy atom. The van der Waals surface area contributed by atoms with Crippen molar-refractivity contribution in [1.29, 1.82) is 0 Å². The Bertz CT molecular complexity index is 482. The molecule has 1 saturated heterocycles. The maximum Gasteiger partial charge on any atom is 0.146 e. The fourth-order valence-corrected chi connectivity index (χ4v) is 2.41. The summed E-state index contributed by atoms with van der Waals surface area (Å²) in [5, 5.41) is 3.28. The molecule has 0 spiro atoms. The summed E-state index contributed by atoms with van der Waals surface area (Å²) in [6.07, 6.45) is 0.289. The Morgan fingerprint density at radius 1 is 1.53 bits per heavy atom. The van der Waals surface area contributed by atoms with Gasteiger partial charge in [0.2, 0.25) is 0 Å². The van der Waals surface area contributed by atoms with Crippen molar-refractivity contribution >= 4 is 21.6 Å². The molecule has 1 aromatic carbocycles. The van der Waals surface area contributed by atoms with Crippen molar-refractivity contribution < 1.29 is 4.74 Å². The lowest BCUT2D eigenvalue weighted by atomic mass is 10.1. The first kappa shape index (κ1) is 9.12. The molecule has 0 aliphatic carbocycles. The number of aromatic nitrogens is 1. The topological polar surface area (TPSA) is 34.1 Å². The van der Waals surface area contributed by atoms with Crippen LogP contribution >= 0.6 is 11.3 Å². The maximum absolute atomic E-state index is 5.92. The second-order valence-corrected chi connectivity index (χ2v) is 4.69. The summed E-state index contributed by atoms with van der Waals surface area (Å²) in [7, 11) is 0. The smallest absolute Gasteiger partial charge is 0.146 e. The molecule has 4 heteroatoms. The van der Waals surface area contributed by atoms with Gasteiger partial charge in [-0.2, -0.15) is 0 Å². The molecule has 0 saturated carbocycles. The molecule has 2 atom stereocenters. The number of benzene rings is 1. The minimum Gasteiger partial charge on any atom is -0.485 e. The van der Waals surface area contributed by atoms with Gasteiger partial charge in [-0.3, -0.25) is 0 Å². The van der Waals surface area contributed by atoms with Gasteiger partial charge in [-0.05, 0) is 19.1 Å². The summed E-state index contributed by atoms with van der Waals surface area (Å²) in [5.41, 5.74) is 2.85. The zero-order valence-corrected chi connectivity index (χ0v) is 9.25. The second kappa shape index (κ2) is 3.47. The van der Waals surface area contributed by atoms with Crippen molar-refractivity contribution in [3.63, 3.8) is 0 Å². The number of rotatable bonds is 2. The average Bonchev–Trinajstić information content (AvgIpc) is 2.72. The van der Waals surface area contributed by atoms with Crippen LogP contribution in [0.4, 0.5) is 0 Å². The van der Waals surface area contributed by atoms with Crippen LogP contribution in [0, 0.1) is 0 Å². The molecule has 1 aliphatic heterocycles. The summed E-state index contributed by atoms with van der Waals surface area (Å²) in [6, 6.07) is 6.53. The zero-order chi connectivity index (χ0) is 10.3. The summed E-state index contributed by atoms with van der Waals surface area (Å²) in [4.78, 5) is 4.33. The maximum atomic E-state index is 5.92. The van der Waals surface area contributed by atoms with Gasteiger partial charge in [0.1, 0.15) is 17.4 Å². The predicted molar refractivity (Wildman–Crippen MR) is 61.5 cm³/mol. The Hall–Kier alpha value is -1.13. The molecule has 2 unspecified atom stereocenters. The Kier molecular flexibility index (Phi) is 2.11. The first-order chi connectivity index (χ1) is 7.34. The Labute approximate surface area is 92.1 Å². The molecule has 1 aliphatic rings. The number of ether oxygens (including phenoxy) is 1. The van der Waals surface area contributed by atoms with Gasteiger partial charge in [-0.25, -0.2) is 4.98 Å². The molecule has 0 amide bonds. The molecule has 2 aromatic rings. The molecule has 78 valence electrons. The van der Waals surface area contributed by atoms with Gasteiger partial charge in [-0.1, -0.05) is 6.07 Å². The van der Waals surface area contributed by atoms with Crippen molar-refractivity contribution in [2.75, 3.05) is 6.54 Å². The van der Waals surface area contributed by atoms with Gasteiger partial charge in [0.15, 0.2) is 0 Å². The van der Waals surface area contributed by atoms with Crippen LogP contribution in [-0.2, 0) is 0 Å². The van der Waals surface area contributed by atoms with Gasteiger partial charge in [0, 0.05) is 12.6 Å². The van der Waals surface area contributed by atoms with Crippen LogP contribution < -0.4 is 10.1 Å². The monoisotopic (exact) mass is 220 g/mol. The number of nitrogens with zero attached hydrogens (tertiary/aromatic N) is 1. The third-order valence-electron chi connectivity index (χ3n) is 2.80. The number of nitrogens with one attached hydrogen (secondary N) is 1. The highest BCUT2D eigenvalue weighted by molar-refractivity contribution is 7.16. The standard InChI is InChI=1S/C11H12N2OS/c1-7-9(5-12-7)14-8-3-2-4-10-11(8)13-6-15-10/h2-4,6-7,9,12H,5H2,1H3. The fourth-order valence-electron chi connectivity index (χ4n) is 1.71. The van der Waals surface area contributed by atoms with E-state index in [-0.39, 0.29) is 6.10 Å². The van der Waals surface area contributed by atoms with E-state index in [4.69, 9.17) is 4.74 Å². The summed E-state index contributed by atoms with van der Waals surface area (Å²) >= 11 is 1.65. The number of hydrogen-bond donors (Lipinski definition) is 1. The van der Waals surface area contributed by atoms with Crippen LogP contribution in [0.5, 0.6) is 5.75 Å². The van der Waals surface area contributed by atoms with Crippen molar-refractivity contribution in [2.24, 2.45) is 0 Å². The van der Waals surface area contributed by atoms with Gasteiger partial charge in [0.05, 0.1) is 10.2 Å². The van der Waals surface area contributed by atoms with Crippen molar-refractivity contribution in [2.45, 2.75) is 19.1 Å². The van der Waals surface area contributed by atoms with Crippen LogP contribution in [-0.4, -0.2) is 23.7 Å². The number of hydrogen-bond acceptors (Lipinski definition) is 4. The molecular weight excluding hydrogens is 208 g/mol. The number of fused-ring (bicyclic) bond motifs is 1. The molecular formula is C11H12N2OS. The Balaban J connectivity index is 1.93. The first-order valence-corrected chi connectivity index (χ1v) is 5.95. The average molecular weight is 220 g/mol. The quantitative estimate of drug-likeness (QED) is 0.841. The highest BCUT2D eigenvalue weighted by atomic mass is 32.1. The third kappa shape index (κ3) is 1.50. The van der Waals surface area contributed by atoms with Crippen molar-refractivity contribution in [3.8, 4) is 5.75 Å². The lowest BCUT2D eigenvalue weighted by molar-refractivity contribution is 0.0953. The van der Waals surface area contributed by atoms with E-state index in [0.717, 1.165) is 17.8 Å². The van der Waals surface area contributed by atoms with Gasteiger partial charge >= 0.3 is 0 Å². The molecule has 0 bridgehead atoms. The van der Waals surface area contributed by atoms with E-state index in [9.17, 15) is 0 Å². The minimum absolute atomic E-state index is 0.289. The van der Waals surface area contributed by atoms with Crippen LogP contribution in [0.3, 0.4) is 0 Å². The molecule has 2 heterocycles. The highest BCUT2D eigenvalue weighted by Crippen LogP contribution is 2.28. The van der Waals surface area contributed by atoms with E-state index in [1.807, 2.05) is 17.6 Å². The number of thiazole rings is 1. The summed E-state index contributed by atoms with van der Waals surface area (Å²) in [6.45, 7) is 3.07. The van der Waals surface area contributed by atoms with E-state index in [1.165, 1.54) is 4.70 Å². The lowest BCUT2D eigenvalue weighted by Gasteiger charge is -2.35. The van der Waals surface area contributed by atoms with Gasteiger partial charge in [0.25, 0.3) is 0 Å². The fraction of sp³-hybridized carbons (Fsp3) is 0.364. The van der Waals surface area contributed by atoms with Crippen molar-refractivity contribution in [1.82, 2.24) is 10.3 Å².